The van der Waals surface area contributed by atoms with Crippen molar-refractivity contribution in [1.82, 2.24) is 13.7 Å². The van der Waals surface area contributed by atoms with Crippen LogP contribution in [0.5, 0.6) is 0 Å². The summed E-state index contributed by atoms with van der Waals surface area (Å²) < 4.78 is 28.2. The highest BCUT2D eigenvalue weighted by Crippen LogP contribution is 2.27. The number of fused-ring (bicyclic) bond motifs is 1. The number of thiazole rings is 1. The van der Waals surface area contributed by atoms with Gasteiger partial charge in [0.05, 0.1) is 0 Å². The molecule has 0 aliphatic rings. The zero-order valence-corrected chi connectivity index (χ0v) is 12.2. The molecule has 0 fully saturated rings. The first-order valence-electron chi connectivity index (χ1n) is 5.69. The average Bonchev–Trinajstić information content (AvgIpc) is 2.88. The molecule has 2 heterocycles. The maximum absolute atomic E-state index is 12.6. The molecular weight excluding hydrogens is 272 g/mol. The molecular formula is C10H16N4O2S2. The third-order valence-electron chi connectivity index (χ3n) is 2.74. The second kappa shape index (κ2) is 4.87. The Morgan fingerprint density at radius 1 is 1.44 bits per heavy atom. The summed E-state index contributed by atoms with van der Waals surface area (Å²) in [7, 11) is -1.84. The van der Waals surface area contributed by atoms with Gasteiger partial charge in [-0.1, -0.05) is 13.8 Å². The van der Waals surface area contributed by atoms with Crippen LogP contribution in [0, 0.1) is 0 Å². The molecule has 0 aliphatic heterocycles. The van der Waals surface area contributed by atoms with Crippen LogP contribution in [-0.4, -0.2) is 42.2 Å². The minimum Gasteiger partial charge on any atom is -0.371 e. The zero-order valence-electron chi connectivity index (χ0n) is 10.5. The largest absolute Gasteiger partial charge is 0.371 e. The van der Waals surface area contributed by atoms with Gasteiger partial charge in [-0.3, -0.25) is 4.40 Å². The third kappa shape index (κ3) is 1.90. The lowest BCUT2D eigenvalue weighted by atomic mass is 10.7. The Morgan fingerprint density at radius 3 is 2.67 bits per heavy atom. The number of hydrogen-bond donors (Lipinski definition) is 1. The monoisotopic (exact) mass is 288 g/mol. The highest BCUT2D eigenvalue weighted by Gasteiger charge is 2.29. The summed E-state index contributed by atoms with van der Waals surface area (Å²) in [6.07, 6.45) is 1.73. The van der Waals surface area contributed by atoms with E-state index in [-0.39, 0.29) is 5.03 Å². The number of nitrogens with one attached hydrogen (secondary N) is 1. The molecule has 18 heavy (non-hydrogen) atoms. The molecule has 0 atom stereocenters. The summed E-state index contributed by atoms with van der Waals surface area (Å²) in [5, 5.41) is 4.88. The van der Waals surface area contributed by atoms with Crippen LogP contribution >= 0.6 is 11.3 Å². The van der Waals surface area contributed by atoms with Crippen molar-refractivity contribution >= 4 is 32.1 Å². The van der Waals surface area contributed by atoms with Crippen molar-refractivity contribution in [3.8, 4) is 0 Å². The van der Waals surface area contributed by atoms with Gasteiger partial charge in [0.25, 0.3) is 10.0 Å². The summed E-state index contributed by atoms with van der Waals surface area (Å²) in [5.74, 6) is 0.397. The Bertz CT molecular complexity index is 640. The van der Waals surface area contributed by atoms with Crippen molar-refractivity contribution < 1.29 is 8.42 Å². The lowest BCUT2D eigenvalue weighted by Crippen LogP contribution is -2.31. The smallest absolute Gasteiger partial charge is 0.262 e. The van der Waals surface area contributed by atoms with Crippen LogP contribution in [0.3, 0.4) is 0 Å². The van der Waals surface area contributed by atoms with Gasteiger partial charge in [0.15, 0.2) is 15.8 Å². The third-order valence-corrected chi connectivity index (χ3v) is 5.58. The first kappa shape index (κ1) is 13.3. The van der Waals surface area contributed by atoms with Gasteiger partial charge in [-0.05, 0) is 0 Å². The van der Waals surface area contributed by atoms with Crippen LogP contribution in [0.1, 0.15) is 13.8 Å². The molecule has 2 aromatic rings. The van der Waals surface area contributed by atoms with Gasteiger partial charge in [0, 0.05) is 31.7 Å². The van der Waals surface area contributed by atoms with Crippen molar-refractivity contribution in [3.05, 3.63) is 11.6 Å². The van der Waals surface area contributed by atoms with Crippen molar-refractivity contribution in [3.63, 3.8) is 0 Å². The number of anilines is 1. The molecule has 0 spiro atoms. The first-order valence-corrected chi connectivity index (χ1v) is 8.01. The van der Waals surface area contributed by atoms with E-state index in [2.05, 4.69) is 10.3 Å². The molecule has 0 saturated carbocycles. The molecule has 8 heteroatoms. The molecule has 0 bridgehead atoms. The lowest BCUT2D eigenvalue weighted by Gasteiger charge is -2.18. The molecule has 0 amide bonds. The van der Waals surface area contributed by atoms with Crippen molar-refractivity contribution in [2.75, 3.05) is 25.5 Å². The minimum atomic E-state index is -3.52. The maximum atomic E-state index is 12.6. The van der Waals surface area contributed by atoms with E-state index in [1.807, 2.05) is 19.2 Å². The van der Waals surface area contributed by atoms with E-state index in [9.17, 15) is 8.42 Å². The second-order valence-electron chi connectivity index (χ2n) is 3.66. The molecule has 0 saturated heterocycles. The number of aromatic nitrogens is 2. The molecule has 1 N–H and O–H groups in total. The Morgan fingerprint density at radius 2 is 2.11 bits per heavy atom. The summed E-state index contributed by atoms with van der Waals surface area (Å²) in [5.41, 5.74) is 0. The highest BCUT2D eigenvalue weighted by molar-refractivity contribution is 7.89. The van der Waals surface area contributed by atoms with E-state index < -0.39 is 10.0 Å². The van der Waals surface area contributed by atoms with E-state index in [4.69, 9.17) is 0 Å². The van der Waals surface area contributed by atoms with Crippen molar-refractivity contribution in [2.24, 2.45) is 0 Å². The fourth-order valence-corrected chi connectivity index (χ4v) is 4.34. The lowest BCUT2D eigenvalue weighted by molar-refractivity contribution is 0.442. The van der Waals surface area contributed by atoms with Crippen LogP contribution in [0.4, 0.5) is 5.82 Å². The molecule has 100 valence electrons. The average molecular weight is 288 g/mol. The number of rotatable bonds is 5. The van der Waals surface area contributed by atoms with Gasteiger partial charge in [-0.15, -0.1) is 11.3 Å². The zero-order chi connectivity index (χ0) is 13.3. The van der Waals surface area contributed by atoms with E-state index in [0.717, 1.165) is 0 Å². The number of sulfonamides is 1. The topological polar surface area (TPSA) is 66.7 Å². The normalized spacial score (nSPS) is 12.4. The van der Waals surface area contributed by atoms with E-state index in [1.165, 1.54) is 15.6 Å². The Kier molecular flexibility index (Phi) is 3.60. The molecule has 2 rings (SSSR count). The Hall–Kier alpha value is -1.12. The summed E-state index contributed by atoms with van der Waals surface area (Å²) in [6.45, 7) is 4.54. The second-order valence-corrected chi connectivity index (χ2v) is 6.39. The van der Waals surface area contributed by atoms with Crippen LogP contribution in [0.25, 0.3) is 4.96 Å². The van der Waals surface area contributed by atoms with Gasteiger partial charge in [-0.2, -0.15) is 4.31 Å². The Balaban J connectivity index is 2.68. The maximum Gasteiger partial charge on any atom is 0.262 e. The summed E-state index contributed by atoms with van der Waals surface area (Å²) >= 11 is 1.41. The fraction of sp³-hybridized carbons (Fsp3) is 0.500. The van der Waals surface area contributed by atoms with Crippen LogP contribution in [0.2, 0.25) is 0 Å². The van der Waals surface area contributed by atoms with Crippen molar-refractivity contribution in [1.29, 1.82) is 0 Å². The summed E-state index contributed by atoms with van der Waals surface area (Å²) in [4.78, 5) is 4.94. The van der Waals surface area contributed by atoms with Crippen LogP contribution < -0.4 is 5.32 Å². The molecule has 0 aromatic carbocycles. The van der Waals surface area contributed by atoms with E-state index in [0.29, 0.717) is 23.9 Å². The minimum absolute atomic E-state index is 0.213. The number of hydrogen-bond acceptors (Lipinski definition) is 5. The van der Waals surface area contributed by atoms with Gasteiger partial charge < -0.3 is 5.32 Å². The van der Waals surface area contributed by atoms with Gasteiger partial charge in [0.1, 0.15) is 0 Å². The standard InChI is InChI=1S/C10H16N4O2S2/c1-4-13(5-2)18(15,16)9-8(11-3)12-10-14(9)6-7-17-10/h6-7,11H,4-5H2,1-3H3. The first-order chi connectivity index (χ1) is 8.56. The quantitative estimate of drug-likeness (QED) is 0.904. The predicted octanol–water partition coefficient (Wildman–Crippen LogP) is 1.47. The molecule has 2 aromatic heterocycles. The molecule has 0 aliphatic carbocycles. The van der Waals surface area contributed by atoms with Crippen molar-refractivity contribution in [2.45, 2.75) is 18.9 Å². The van der Waals surface area contributed by atoms with Crippen LogP contribution in [-0.2, 0) is 10.0 Å². The number of imidazole rings is 1. The van der Waals surface area contributed by atoms with E-state index in [1.54, 1.807) is 17.6 Å². The SMILES string of the molecule is CCN(CC)S(=O)(=O)c1c(NC)nc2sccn12. The Labute approximate surface area is 110 Å². The molecule has 6 nitrogen and oxygen atoms in total. The van der Waals surface area contributed by atoms with Gasteiger partial charge >= 0.3 is 0 Å². The van der Waals surface area contributed by atoms with Gasteiger partial charge in [-0.25, -0.2) is 13.4 Å². The van der Waals surface area contributed by atoms with E-state index >= 15 is 0 Å². The molecule has 0 unspecified atom stereocenters. The number of nitrogens with zero attached hydrogens (tertiary/aromatic N) is 3. The molecule has 0 radical (unpaired) electrons. The van der Waals surface area contributed by atoms with Crippen LogP contribution in [0.15, 0.2) is 16.6 Å². The highest BCUT2D eigenvalue weighted by atomic mass is 32.2. The fourth-order valence-electron chi connectivity index (χ4n) is 1.86. The predicted molar refractivity (Wildman–Crippen MR) is 72.7 cm³/mol. The van der Waals surface area contributed by atoms with Gasteiger partial charge in [0.2, 0.25) is 0 Å². The summed E-state index contributed by atoms with van der Waals surface area (Å²) in [6, 6.07) is 0.